The van der Waals surface area contributed by atoms with Crippen LogP contribution in [0.5, 0.6) is 5.75 Å². The number of rotatable bonds is 5. The molecule has 0 fully saturated rings. The highest BCUT2D eigenvalue weighted by atomic mass is 35.5. The summed E-state index contributed by atoms with van der Waals surface area (Å²) in [5.41, 5.74) is 5.09. The average molecular weight is 340 g/mol. The third kappa shape index (κ3) is 4.62. The number of nitrogens with one attached hydrogen (secondary N) is 3. The number of hydrogen-bond acceptors (Lipinski definition) is 6. The lowest BCUT2D eigenvalue weighted by Gasteiger charge is -2.15. The quantitative estimate of drug-likeness (QED) is 0.683. The van der Waals surface area contributed by atoms with Crippen LogP contribution in [0.3, 0.4) is 0 Å². The maximum absolute atomic E-state index is 11.8. The van der Waals surface area contributed by atoms with Gasteiger partial charge in [-0.1, -0.05) is 11.6 Å². The number of methoxy groups -OCH3 is 1. The summed E-state index contributed by atoms with van der Waals surface area (Å²) >= 11 is 5.86. The van der Waals surface area contributed by atoms with E-state index in [0.717, 1.165) is 0 Å². The second kappa shape index (κ2) is 7.50. The predicted octanol–water partition coefficient (Wildman–Crippen LogP) is 0.739. The van der Waals surface area contributed by atoms with Crippen molar-refractivity contribution in [3.8, 4) is 5.75 Å². The number of halogens is 1. The summed E-state index contributed by atoms with van der Waals surface area (Å²) in [5, 5.41) is 2.95. The van der Waals surface area contributed by atoms with Gasteiger partial charge in [0.05, 0.1) is 12.8 Å². The standard InChI is InChI=1S/C14H14ClN3O5/c1-22-11-4-2-8(15)6-10(11)16-13(20)7-23-14(21)9-3-5-12(19)18-17-9/h2-4,6,17H,5,7H2,1H3,(H,16,20)(H,18,19). The fourth-order valence-corrected chi connectivity index (χ4v) is 1.91. The van der Waals surface area contributed by atoms with Gasteiger partial charge in [0.25, 0.3) is 5.91 Å². The number of benzene rings is 1. The van der Waals surface area contributed by atoms with Gasteiger partial charge in [0, 0.05) is 11.4 Å². The molecule has 0 spiro atoms. The molecule has 0 unspecified atom stereocenters. The zero-order valence-corrected chi connectivity index (χ0v) is 12.9. The Morgan fingerprint density at radius 1 is 1.35 bits per heavy atom. The third-order valence-corrected chi connectivity index (χ3v) is 3.05. The third-order valence-electron chi connectivity index (χ3n) is 2.82. The van der Waals surface area contributed by atoms with Crippen LogP contribution in [0, 0.1) is 0 Å². The topological polar surface area (TPSA) is 106 Å². The second-order valence-corrected chi connectivity index (χ2v) is 4.90. The Labute approximate surface area is 136 Å². The van der Waals surface area contributed by atoms with Crippen LogP contribution >= 0.6 is 11.6 Å². The van der Waals surface area contributed by atoms with Crippen molar-refractivity contribution in [1.29, 1.82) is 0 Å². The Morgan fingerprint density at radius 3 is 2.78 bits per heavy atom. The van der Waals surface area contributed by atoms with Crippen LogP contribution in [0.15, 0.2) is 30.0 Å². The Bertz CT molecular complexity index is 674. The van der Waals surface area contributed by atoms with Gasteiger partial charge in [0.15, 0.2) is 6.61 Å². The highest BCUT2D eigenvalue weighted by Crippen LogP contribution is 2.27. The van der Waals surface area contributed by atoms with Gasteiger partial charge in [0.2, 0.25) is 5.91 Å². The van der Waals surface area contributed by atoms with Gasteiger partial charge in [-0.15, -0.1) is 0 Å². The summed E-state index contributed by atoms with van der Waals surface area (Å²) in [5.74, 6) is -1.15. The number of ether oxygens (including phenoxy) is 2. The van der Waals surface area contributed by atoms with Crippen molar-refractivity contribution in [3.63, 3.8) is 0 Å². The molecule has 0 saturated heterocycles. The van der Waals surface area contributed by atoms with Crippen LogP contribution in [0.1, 0.15) is 6.42 Å². The highest BCUT2D eigenvalue weighted by molar-refractivity contribution is 6.31. The Hall–Kier alpha value is -2.74. The molecule has 1 aliphatic heterocycles. The van der Waals surface area contributed by atoms with Crippen molar-refractivity contribution in [2.24, 2.45) is 0 Å². The lowest BCUT2D eigenvalue weighted by atomic mass is 10.3. The molecule has 0 aliphatic carbocycles. The summed E-state index contributed by atoms with van der Waals surface area (Å²) in [6.07, 6.45) is 1.43. The molecule has 2 rings (SSSR count). The molecule has 0 atom stereocenters. The maximum Gasteiger partial charge on any atom is 0.356 e. The van der Waals surface area contributed by atoms with Gasteiger partial charge in [0.1, 0.15) is 11.4 Å². The number of carbonyl (C=O) groups excluding carboxylic acids is 3. The van der Waals surface area contributed by atoms with Crippen molar-refractivity contribution < 1.29 is 23.9 Å². The van der Waals surface area contributed by atoms with Crippen molar-refractivity contribution in [1.82, 2.24) is 10.9 Å². The van der Waals surface area contributed by atoms with E-state index < -0.39 is 18.5 Å². The molecular weight excluding hydrogens is 326 g/mol. The molecule has 1 aromatic carbocycles. The summed E-state index contributed by atoms with van der Waals surface area (Å²) in [6, 6.07) is 4.73. The average Bonchev–Trinajstić information content (AvgIpc) is 2.53. The van der Waals surface area contributed by atoms with Gasteiger partial charge in [-0.05, 0) is 24.3 Å². The minimum atomic E-state index is -0.752. The van der Waals surface area contributed by atoms with Gasteiger partial charge in [-0.2, -0.15) is 0 Å². The smallest absolute Gasteiger partial charge is 0.356 e. The molecule has 9 heteroatoms. The van der Waals surface area contributed by atoms with Crippen molar-refractivity contribution in [2.75, 3.05) is 19.0 Å². The number of anilines is 1. The van der Waals surface area contributed by atoms with Crippen molar-refractivity contribution >= 4 is 35.1 Å². The first-order valence-corrected chi connectivity index (χ1v) is 6.93. The number of esters is 1. The van der Waals surface area contributed by atoms with E-state index in [-0.39, 0.29) is 18.0 Å². The van der Waals surface area contributed by atoms with E-state index in [1.807, 2.05) is 0 Å². The van der Waals surface area contributed by atoms with Gasteiger partial charge in [-0.3, -0.25) is 20.4 Å². The van der Waals surface area contributed by atoms with Crippen molar-refractivity contribution in [3.05, 3.63) is 35.0 Å². The Morgan fingerprint density at radius 2 is 2.13 bits per heavy atom. The normalized spacial score (nSPS) is 13.3. The molecule has 1 aliphatic rings. The summed E-state index contributed by atoms with van der Waals surface area (Å²) in [6.45, 7) is -0.499. The minimum absolute atomic E-state index is 0.0589. The lowest BCUT2D eigenvalue weighted by Crippen LogP contribution is -2.42. The number of amides is 2. The molecule has 23 heavy (non-hydrogen) atoms. The largest absolute Gasteiger partial charge is 0.495 e. The van der Waals surface area contributed by atoms with E-state index in [9.17, 15) is 14.4 Å². The van der Waals surface area contributed by atoms with Crippen LogP contribution in [0.4, 0.5) is 5.69 Å². The van der Waals surface area contributed by atoms with Crippen LogP contribution in [0.2, 0.25) is 5.02 Å². The first-order valence-electron chi connectivity index (χ1n) is 6.55. The molecule has 1 heterocycles. The number of hydrazine groups is 1. The summed E-state index contributed by atoms with van der Waals surface area (Å²) in [4.78, 5) is 34.5. The monoisotopic (exact) mass is 339 g/mol. The molecule has 3 N–H and O–H groups in total. The van der Waals surface area contributed by atoms with Crippen LogP contribution < -0.4 is 20.9 Å². The van der Waals surface area contributed by atoms with E-state index in [2.05, 4.69) is 16.2 Å². The minimum Gasteiger partial charge on any atom is -0.495 e. The SMILES string of the molecule is COc1ccc(Cl)cc1NC(=O)COC(=O)C1=CCC(=O)NN1. The Kier molecular flexibility index (Phi) is 5.42. The van der Waals surface area contributed by atoms with E-state index in [1.54, 1.807) is 12.1 Å². The van der Waals surface area contributed by atoms with E-state index >= 15 is 0 Å². The fourth-order valence-electron chi connectivity index (χ4n) is 1.74. The Balaban J connectivity index is 1.89. The first kappa shape index (κ1) is 16.6. The van der Waals surface area contributed by atoms with Gasteiger partial charge < -0.3 is 14.8 Å². The second-order valence-electron chi connectivity index (χ2n) is 4.46. The molecule has 8 nitrogen and oxygen atoms in total. The summed E-state index contributed by atoms with van der Waals surface area (Å²) < 4.78 is 9.94. The van der Waals surface area contributed by atoms with Gasteiger partial charge >= 0.3 is 5.97 Å². The van der Waals surface area contributed by atoms with Crippen LogP contribution in [0.25, 0.3) is 0 Å². The molecule has 122 valence electrons. The van der Waals surface area contributed by atoms with Crippen LogP contribution in [-0.2, 0) is 19.1 Å². The molecule has 0 saturated carbocycles. The molecule has 0 aromatic heterocycles. The molecular formula is C14H14ClN3O5. The molecule has 0 radical (unpaired) electrons. The maximum atomic E-state index is 11.8. The molecule has 2 amide bonds. The van der Waals surface area contributed by atoms with E-state index in [0.29, 0.717) is 16.5 Å². The highest BCUT2D eigenvalue weighted by Gasteiger charge is 2.18. The first-order chi connectivity index (χ1) is 11.0. The number of hydrogen-bond donors (Lipinski definition) is 3. The fraction of sp³-hybridized carbons (Fsp3) is 0.214. The number of carbonyl (C=O) groups is 3. The van der Waals surface area contributed by atoms with E-state index in [4.69, 9.17) is 21.1 Å². The summed E-state index contributed by atoms with van der Waals surface area (Å²) in [7, 11) is 1.45. The predicted molar refractivity (Wildman–Crippen MR) is 81.6 cm³/mol. The molecule has 1 aromatic rings. The van der Waals surface area contributed by atoms with E-state index in [1.165, 1.54) is 19.3 Å². The zero-order valence-electron chi connectivity index (χ0n) is 12.1. The lowest BCUT2D eigenvalue weighted by molar-refractivity contribution is -0.144. The molecule has 0 bridgehead atoms. The van der Waals surface area contributed by atoms with Gasteiger partial charge in [-0.25, -0.2) is 4.79 Å². The van der Waals surface area contributed by atoms with Crippen LogP contribution in [-0.4, -0.2) is 31.5 Å². The zero-order chi connectivity index (χ0) is 16.8. The van der Waals surface area contributed by atoms with Crippen molar-refractivity contribution in [2.45, 2.75) is 6.42 Å².